The number of amides is 2. The quantitative estimate of drug-likeness (QED) is 0.297. The SMILES string of the molecule is CSCCC(NC(=O)C(CCSC)NC(=O)C(N)Cc1cnc[nH]1)C(=O)O. The van der Waals surface area contributed by atoms with Crippen molar-refractivity contribution in [3.05, 3.63) is 18.2 Å². The molecule has 1 heterocycles. The number of H-pyrrole nitrogens is 1. The van der Waals surface area contributed by atoms with Gasteiger partial charge in [-0.25, -0.2) is 9.78 Å². The van der Waals surface area contributed by atoms with Crippen LogP contribution in [0.15, 0.2) is 12.5 Å². The van der Waals surface area contributed by atoms with E-state index in [1.165, 1.54) is 29.9 Å². The number of hydrogen-bond acceptors (Lipinski definition) is 7. The van der Waals surface area contributed by atoms with Gasteiger partial charge in [0.2, 0.25) is 11.8 Å². The van der Waals surface area contributed by atoms with Crippen LogP contribution in [-0.4, -0.2) is 75.0 Å². The van der Waals surface area contributed by atoms with Crippen molar-refractivity contribution in [2.24, 2.45) is 5.73 Å². The zero-order valence-corrected chi connectivity index (χ0v) is 17.1. The Morgan fingerprint density at radius 1 is 1.15 bits per heavy atom. The molecule has 11 heteroatoms. The van der Waals surface area contributed by atoms with Crippen LogP contribution in [0.5, 0.6) is 0 Å². The number of carboxylic acid groups (broad SMARTS) is 1. The summed E-state index contributed by atoms with van der Waals surface area (Å²) >= 11 is 3.03. The zero-order valence-electron chi connectivity index (χ0n) is 15.4. The molecule has 0 aliphatic carbocycles. The summed E-state index contributed by atoms with van der Waals surface area (Å²) in [6.45, 7) is 0. The van der Waals surface area contributed by atoms with Gasteiger partial charge in [-0.1, -0.05) is 0 Å². The van der Waals surface area contributed by atoms with Crippen LogP contribution in [0.25, 0.3) is 0 Å². The number of imidazole rings is 1. The molecule has 3 unspecified atom stereocenters. The molecule has 0 spiro atoms. The molecule has 0 saturated carbocycles. The monoisotopic (exact) mass is 417 g/mol. The van der Waals surface area contributed by atoms with E-state index in [1.54, 1.807) is 6.20 Å². The van der Waals surface area contributed by atoms with Gasteiger partial charge in [0, 0.05) is 18.3 Å². The number of hydrogen-bond donors (Lipinski definition) is 5. The summed E-state index contributed by atoms with van der Waals surface area (Å²) in [5, 5.41) is 14.4. The highest BCUT2D eigenvalue weighted by Crippen LogP contribution is 2.06. The van der Waals surface area contributed by atoms with Crippen molar-refractivity contribution in [1.82, 2.24) is 20.6 Å². The topological polar surface area (TPSA) is 150 Å². The number of nitrogens with zero attached hydrogens (tertiary/aromatic N) is 1. The van der Waals surface area contributed by atoms with E-state index < -0.39 is 35.9 Å². The van der Waals surface area contributed by atoms with E-state index in [1.807, 2.05) is 12.5 Å². The van der Waals surface area contributed by atoms with Gasteiger partial charge in [0.15, 0.2) is 0 Å². The van der Waals surface area contributed by atoms with Gasteiger partial charge in [0.05, 0.1) is 12.4 Å². The molecule has 152 valence electrons. The van der Waals surface area contributed by atoms with Crippen LogP contribution in [-0.2, 0) is 20.8 Å². The molecular weight excluding hydrogens is 390 g/mol. The number of aromatic nitrogens is 2. The summed E-state index contributed by atoms with van der Waals surface area (Å²) in [5.74, 6) is -0.838. The Bertz CT molecular complexity index is 600. The number of nitrogens with one attached hydrogen (secondary N) is 3. The van der Waals surface area contributed by atoms with E-state index in [0.29, 0.717) is 30.0 Å². The highest BCUT2D eigenvalue weighted by atomic mass is 32.2. The summed E-state index contributed by atoms with van der Waals surface area (Å²) in [7, 11) is 0. The lowest BCUT2D eigenvalue weighted by molar-refractivity contribution is -0.142. The molecule has 0 radical (unpaired) electrons. The van der Waals surface area contributed by atoms with E-state index in [9.17, 15) is 19.5 Å². The molecule has 0 fully saturated rings. The lowest BCUT2D eigenvalue weighted by atomic mass is 10.1. The molecule has 1 rings (SSSR count). The van der Waals surface area contributed by atoms with E-state index in [2.05, 4.69) is 20.6 Å². The smallest absolute Gasteiger partial charge is 0.326 e. The predicted molar refractivity (Wildman–Crippen MR) is 108 cm³/mol. The van der Waals surface area contributed by atoms with Crippen molar-refractivity contribution in [1.29, 1.82) is 0 Å². The number of nitrogens with two attached hydrogens (primary N) is 1. The Morgan fingerprint density at radius 3 is 2.26 bits per heavy atom. The molecule has 0 aliphatic rings. The predicted octanol–water partition coefficient (Wildman–Crippen LogP) is -0.160. The highest BCUT2D eigenvalue weighted by Gasteiger charge is 2.27. The largest absolute Gasteiger partial charge is 0.480 e. The average molecular weight is 418 g/mol. The lowest BCUT2D eigenvalue weighted by Crippen LogP contribution is -2.55. The molecule has 0 aromatic carbocycles. The number of carbonyl (C=O) groups excluding carboxylic acids is 2. The normalized spacial score (nSPS) is 14.2. The Morgan fingerprint density at radius 2 is 1.74 bits per heavy atom. The van der Waals surface area contributed by atoms with Crippen LogP contribution < -0.4 is 16.4 Å². The molecular formula is C16H27N5O4S2. The summed E-state index contributed by atoms with van der Waals surface area (Å²) in [5.41, 5.74) is 6.62. The van der Waals surface area contributed by atoms with Crippen LogP contribution >= 0.6 is 23.5 Å². The fourth-order valence-electron chi connectivity index (χ4n) is 2.27. The van der Waals surface area contributed by atoms with E-state index in [0.717, 1.165) is 0 Å². The van der Waals surface area contributed by atoms with Crippen LogP contribution in [0.1, 0.15) is 18.5 Å². The minimum atomic E-state index is -1.09. The third-order valence-electron chi connectivity index (χ3n) is 3.80. The van der Waals surface area contributed by atoms with E-state index in [4.69, 9.17) is 5.73 Å². The van der Waals surface area contributed by atoms with Gasteiger partial charge in [-0.15, -0.1) is 0 Å². The van der Waals surface area contributed by atoms with Crippen molar-refractivity contribution in [2.45, 2.75) is 37.4 Å². The van der Waals surface area contributed by atoms with Gasteiger partial charge in [-0.05, 0) is 36.9 Å². The highest BCUT2D eigenvalue weighted by molar-refractivity contribution is 7.98. The molecule has 2 amide bonds. The molecule has 0 bridgehead atoms. The molecule has 1 aromatic rings. The second kappa shape index (κ2) is 12.6. The van der Waals surface area contributed by atoms with Gasteiger partial charge in [-0.2, -0.15) is 23.5 Å². The maximum Gasteiger partial charge on any atom is 0.326 e. The number of thioether (sulfide) groups is 2. The maximum atomic E-state index is 12.5. The van der Waals surface area contributed by atoms with Crippen molar-refractivity contribution in [3.8, 4) is 0 Å². The fourth-order valence-corrected chi connectivity index (χ4v) is 3.22. The Balaban J connectivity index is 2.70. The second-order valence-corrected chi connectivity index (χ2v) is 7.88. The summed E-state index contributed by atoms with van der Waals surface area (Å²) in [6.07, 6.45) is 7.77. The molecule has 6 N–H and O–H groups in total. The number of aliphatic carboxylic acids is 1. The third kappa shape index (κ3) is 8.67. The van der Waals surface area contributed by atoms with Gasteiger partial charge in [0.1, 0.15) is 12.1 Å². The first kappa shape index (κ1) is 23.3. The Labute approximate surface area is 167 Å². The summed E-state index contributed by atoms with van der Waals surface area (Å²) in [6, 6.07) is -2.67. The number of carbonyl (C=O) groups is 3. The number of carboxylic acids is 1. The van der Waals surface area contributed by atoms with Gasteiger partial charge < -0.3 is 26.5 Å². The van der Waals surface area contributed by atoms with Crippen LogP contribution in [0.2, 0.25) is 0 Å². The van der Waals surface area contributed by atoms with Crippen molar-refractivity contribution >= 4 is 41.3 Å². The third-order valence-corrected chi connectivity index (χ3v) is 5.09. The first-order valence-electron chi connectivity index (χ1n) is 8.43. The number of rotatable bonds is 13. The lowest BCUT2D eigenvalue weighted by Gasteiger charge is -2.22. The average Bonchev–Trinajstić information content (AvgIpc) is 3.14. The van der Waals surface area contributed by atoms with Gasteiger partial charge in [0.25, 0.3) is 0 Å². The van der Waals surface area contributed by atoms with Crippen LogP contribution in [0.3, 0.4) is 0 Å². The molecule has 3 atom stereocenters. The minimum absolute atomic E-state index is 0.258. The van der Waals surface area contributed by atoms with Gasteiger partial charge in [-0.3, -0.25) is 9.59 Å². The second-order valence-electron chi connectivity index (χ2n) is 5.91. The fraction of sp³-hybridized carbons (Fsp3) is 0.625. The molecule has 1 aromatic heterocycles. The molecule has 9 nitrogen and oxygen atoms in total. The number of aromatic amines is 1. The van der Waals surface area contributed by atoms with E-state index >= 15 is 0 Å². The first-order chi connectivity index (χ1) is 12.9. The Hall–Kier alpha value is -1.72. The maximum absolute atomic E-state index is 12.5. The molecule has 0 aliphatic heterocycles. The van der Waals surface area contributed by atoms with Crippen LogP contribution in [0.4, 0.5) is 0 Å². The molecule has 0 saturated heterocycles. The van der Waals surface area contributed by atoms with Crippen molar-refractivity contribution < 1.29 is 19.5 Å². The van der Waals surface area contributed by atoms with Crippen LogP contribution in [0, 0.1) is 0 Å². The van der Waals surface area contributed by atoms with Crippen molar-refractivity contribution in [2.75, 3.05) is 24.0 Å². The van der Waals surface area contributed by atoms with Crippen molar-refractivity contribution in [3.63, 3.8) is 0 Å². The molecule has 27 heavy (non-hydrogen) atoms. The van der Waals surface area contributed by atoms with Gasteiger partial charge >= 0.3 is 5.97 Å². The standard InChI is InChI=1S/C16H27N5O4S2/c1-26-5-3-12(15(23)21-13(16(24)25)4-6-27-2)20-14(22)11(17)7-10-8-18-9-19-10/h8-9,11-13H,3-7,17H2,1-2H3,(H,18,19)(H,20,22)(H,21,23)(H,24,25). The zero-order chi connectivity index (χ0) is 20.2. The minimum Gasteiger partial charge on any atom is -0.480 e. The van der Waals surface area contributed by atoms with E-state index in [-0.39, 0.29) is 6.42 Å². The summed E-state index contributed by atoms with van der Waals surface area (Å²) < 4.78 is 0. The summed E-state index contributed by atoms with van der Waals surface area (Å²) in [4.78, 5) is 43.0. The first-order valence-corrected chi connectivity index (χ1v) is 11.2. The Kier molecular flexibility index (Phi) is 10.9.